The fourth-order valence-corrected chi connectivity index (χ4v) is 6.62. The summed E-state index contributed by atoms with van der Waals surface area (Å²) in [6, 6.07) is 9.50. The number of anilines is 1. The number of rotatable bonds is 12. The number of hydrogen-bond donors (Lipinski definition) is 1. The fraction of sp³-hybridized carbons (Fsp3) is 0.517. The average Bonchev–Trinajstić information content (AvgIpc) is 3.40. The van der Waals surface area contributed by atoms with E-state index in [-0.39, 0.29) is 50.6 Å². The highest BCUT2D eigenvalue weighted by atomic mass is 35.5. The van der Waals surface area contributed by atoms with Crippen LogP contribution in [0.2, 0.25) is 10.0 Å². The molecule has 2 aliphatic rings. The molecular weight excluding hydrogens is 589 g/mol. The lowest BCUT2D eigenvalue weighted by Gasteiger charge is -2.33. The Morgan fingerprint density at radius 1 is 1.02 bits per heavy atom. The van der Waals surface area contributed by atoms with E-state index in [1.165, 1.54) is 10.7 Å². The van der Waals surface area contributed by atoms with Crippen LogP contribution in [0.3, 0.4) is 0 Å². The molecule has 1 aliphatic carbocycles. The van der Waals surface area contributed by atoms with E-state index in [0.717, 1.165) is 37.5 Å². The monoisotopic (exact) mass is 625 g/mol. The summed E-state index contributed by atoms with van der Waals surface area (Å²) in [6.45, 7) is 2.21. The van der Waals surface area contributed by atoms with E-state index >= 15 is 0 Å². The van der Waals surface area contributed by atoms with Crippen molar-refractivity contribution in [1.82, 2.24) is 10.2 Å². The standard InChI is InChI=1S/C29H37Cl2N3O6S/c1-3-25(29(36)32-21-8-5-4-6-9-21)33(18-20-11-13-23(30)24(31)16-20)28(35)10-7-15-34(41(2,37)38)22-12-14-26-27(17-22)40-19-39-26/h11-14,16-17,21,25H,3-10,15,18-19H2,1-2H3,(H,32,36)/t25-/m0/s1. The Bertz CT molecular complexity index is 1350. The molecule has 4 rings (SSSR count). The summed E-state index contributed by atoms with van der Waals surface area (Å²) in [7, 11) is -3.64. The van der Waals surface area contributed by atoms with Crippen LogP contribution in [0.15, 0.2) is 36.4 Å². The van der Waals surface area contributed by atoms with Crippen LogP contribution in [0, 0.1) is 0 Å². The molecule has 0 saturated heterocycles. The predicted molar refractivity (Wildman–Crippen MR) is 160 cm³/mol. The highest BCUT2D eigenvalue weighted by molar-refractivity contribution is 7.92. The normalized spacial score (nSPS) is 15.8. The third-order valence-electron chi connectivity index (χ3n) is 7.47. The van der Waals surface area contributed by atoms with Crippen molar-refractivity contribution >= 4 is 50.7 Å². The molecule has 224 valence electrons. The molecule has 2 aromatic rings. The van der Waals surface area contributed by atoms with Gasteiger partial charge in [0.25, 0.3) is 0 Å². The van der Waals surface area contributed by atoms with Crippen LogP contribution >= 0.6 is 23.2 Å². The smallest absolute Gasteiger partial charge is 0.243 e. The van der Waals surface area contributed by atoms with Gasteiger partial charge in [0.15, 0.2) is 11.5 Å². The van der Waals surface area contributed by atoms with Crippen molar-refractivity contribution in [3.63, 3.8) is 0 Å². The largest absolute Gasteiger partial charge is 0.454 e. The minimum atomic E-state index is -3.64. The van der Waals surface area contributed by atoms with Crippen molar-refractivity contribution in [2.75, 3.05) is 23.9 Å². The number of amides is 2. The highest BCUT2D eigenvalue weighted by Crippen LogP contribution is 2.36. The van der Waals surface area contributed by atoms with Crippen molar-refractivity contribution in [1.29, 1.82) is 0 Å². The fourth-order valence-electron chi connectivity index (χ4n) is 5.34. The number of carbonyl (C=O) groups excluding carboxylic acids is 2. The van der Waals surface area contributed by atoms with Gasteiger partial charge in [-0.1, -0.05) is 55.5 Å². The molecule has 9 nitrogen and oxygen atoms in total. The maximum absolute atomic E-state index is 13.7. The maximum atomic E-state index is 13.7. The van der Waals surface area contributed by atoms with Gasteiger partial charge in [-0.05, 0) is 55.5 Å². The van der Waals surface area contributed by atoms with E-state index in [2.05, 4.69) is 5.32 Å². The van der Waals surface area contributed by atoms with E-state index in [1.54, 1.807) is 41.3 Å². The number of sulfonamides is 1. The zero-order chi connectivity index (χ0) is 29.6. The summed E-state index contributed by atoms with van der Waals surface area (Å²) < 4.78 is 37.3. The van der Waals surface area contributed by atoms with Gasteiger partial charge >= 0.3 is 0 Å². The van der Waals surface area contributed by atoms with E-state index < -0.39 is 16.1 Å². The molecule has 0 unspecified atom stereocenters. The van der Waals surface area contributed by atoms with Gasteiger partial charge in [-0.2, -0.15) is 0 Å². The number of hydrogen-bond acceptors (Lipinski definition) is 6. The van der Waals surface area contributed by atoms with Crippen molar-refractivity contribution in [2.24, 2.45) is 0 Å². The summed E-state index contributed by atoms with van der Waals surface area (Å²) in [5.41, 5.74) is 1.17. The molecule has 1 N–H and O–H groups in total. The van der Waals surface area contributed by atoms with Crippen molar-refractivity contribution in [3.8, 4) is 11.5 Å². The summed E-state index contributed by atoms with van der Waals surface area (Å²) in [5.74, 6) is 0.592. The number of halogens is 2. The first kappa shape index (κ1) is 31.3. The van der Waals surface area contributed by atoms with Gasteiger partial charge in [-0.25, -0.2) is 8.42 Å². The zero-order valence-corrected chi connectivity index (χ0v) is 25.7. The summed E-state index contributed by atoms with van der Waals surface area (Å²) in [4.78, 5) is 28.7. The van der Waals surface area contributed by atoms with Gasteiger partial charge in [0.2, 0.25) is 28.6 Å². The molecule has 0 radical (unpaired) electrons. The molecule has 1 fully saturated rings. The quantitative estimate of drug-likeness (QED) is 0.333. The van der Waals surface area contributed by atoms with E-state index in [9.17, 15) is 18.0 Å². The minimum absolute atomic E-state index is 0.0467. The number of carbonyl (C=O) groups is 2. The second-order valence-electron chi connectivity index (χ2n) is 10.5. The van der Waals surface area contributed by atoms with E-state index in [1.807, 2.05) is 6.92 Å². The Kier molecular flexibility index (Phi) is 10.7. The number of fused-ring (bicyclic) bond motifs is 1. The highest BCUT2D eigenvalue weighted by Gasteiger charge is 2.31. The molecule has 2 amide bonds. The van der Waals surface area contributed by atoms with E-state index in [4.69, 9.17) is 32.7 Å². The molecule has 1 atom stereocenters. The van der Waals surface area contributed by atoms with E-state index in [0.29, 0.717) is 33.7 Å². The molecular formula is C29H37Cl2N3O6S. The van der Waals surface area contributed by atoms with Crippen LogP contribution < -0.4 is 19.1 Å². The first-order valence-corrected chi connectivity index (χ1v) is 16.6. The summed E-state index contributed by atoms with van der Waals surface area (Å²) in [6.07, 6.45) is 7.04. The Morgan fingerprint density at radius 3 is 2.44 bits per heavy atom. The van der Waals surface area contributed by atoms with Crippen LogP contribution in [0.5, 0.6) is 11.5 Å². The van der Waals surface area contributed by atoms with Gasteiger partial charge in [-0.15, -0.1) is 0 Å². The molecule has 41 heavy (non-hydrogen) atoms. The number of nitrogens with one attached hydrogen (secondary N) is 1. The molecule has 1 aliphatic heterocycles. The Morgan fingerprint density at radius 2 is 1.76 bits per heavy atom. The number of ether oxygens (including phenoxy) is 2. The van der Waals surface area contributed by atoms with Crippen LogP contribution in [0.4, 0.5) is 5.69 Å². The number of benzene rings is 2. The van der Waals surface area contributed by atoms with Gasteiger partial charge < -0.3 is 19.7 Å². The van der Waals surface area contributed by atoms with Gasteiger partial charge in [0.05, 0.1) is 22.0 Å². The van der Waals surface area contributed by atoms with Crippen molar-refractivity contribution in [3.05, 3.63) is 52.0 Å². The summed E-state index contributed by atoms with van der Waals surface area (Å²) in [5, 5.41) is 3.93. The molecule has 1 saturated carbocycles. The zero-order valence-electron chi connectivity index (χ0n) is 23.4. The van der Waals surface area contributed by atoms with Crippen molar-refractivity contribution in [2.45, 2.75) is 76.9 Å². The topological polar surface area (TPSA) is 105 Å². The second kappa shape index (κ2) is 14.0. The maximum Gasteiger partial charge on any atom is 0.243 e. The third-order valence-corrected chi connectivity index (χ3v) is 9.40. The van der Waals surface area contributed by atoms with Gasteiger partial charge in [-0.3, -0.25) is 13.9 Å². The van der Waals surface area contributed by atoms with Crippen molar-refractivity contribution < 1.29 is 27.5 Å². The second-order valence-corrected chi connectivity index (χ2v) is 13.2. The molecule has 0 bridgehead atoms. The SMILES string of the molecule is CC[C@@H](C(=O)NC1CCCCC1)N(Cc1ccc(Cl)c(Cl)c1)C(=O)CCCN(c1ccc2c(c1)OCO2)S(C)(=O)=O. The third kappa shape index (κ3) is 8.20. The first-order chi connectivity index (χ1) is 19.6. The van der Waals surface area contributed by atoms with Crippen LogP contribution in [-0.2, 0) is 26.2 Å². The van der Waals surface area contributed by atoms with Gasteiger partial charge in [0, 0.05) is 31.6 Å². The van der Waals surface area contributed by atoms with Crippen LogP contribution in [-0.4, -0.2) is 56.8 Å². The Labute approximate surface area is 252 Å². The molecule has 12 heteroatoms. The lowest BCUT2D eigenvalue weighted by atomic mass is 9.95. The lowest BCUT2D eigenvalue weighted by molar-refractivity contribution is -0.141. The van der Waals surface area contributed by atoms with Crippen LogP contribution in [0.25, 0.3) is 0 Å². The molecule has 0 aromatic heterocycles. The molecule has 1 heterocycles. The van der Waals surface area contributed by atoms with Gasteiger partial charge in [0.1, 0.15) is 6.04 Å². The minimum Gasteiger partial charge on any atom is -0.454 e. The Hall–Kier alpha value is -2.69. The number of nitrogens with zero attached hydrogens (tertiary/aromatic N) is 2. The predicted octanol–water partition coefficient (Wildman–Crippen LogP) is 5.52. The summed E-state index contributed by atoms with van der Waals surface area (Å²) >= 11 is 12.3. The molecule has 2 aromatic carbocycles. The van der Waals surface area contributed by atoms with Crippen LogP contribution in [0.1, 0.15) is 63.9 Å². The average molecular weight is 627 g/mol. The Balaban J connectivity index is 1.49. The first-order valence-electron chi connectivity index (χ1n) is 14.0. The molecule has 0 spiro atoms. The lowest BCUT2D eigenvalue weighted by Crippen LogP contribution is -2.51.